The zero-order chi connectivity index (χ0) is 9.14. The van der Waals surface area contributed by atoms with Crippen LogP contribution in [0.3, 0.4) is 0 Å². The van der Waals surface area contributed by atoms with Gasteiger partial charge in [-0.1, -0.05) is 0 Å². The summed E-state index contributed by atoms with van der Waals surface area (Å²) in [6.07, 6.45) is 3.10. The van der Waals surface area contributed by atoms with Crippen molar-refractivity contribution in [2.45, 2.75) is 26.9 Å². The lowest BCUT2D eigenvalue weighted by Crippen LogP contribution is -2.00. The Balaban J connectivity index is 2.87. The fourth-order valence-corrected chi connectivity index (χ4v) is 0.860. The molecule has 66 valence electrons. The Bertz CT molecular complexity index is 282. The number of aryl methyl sites for hydroxylation is 1. The summed E-state index contributed by atoms with van der Waals surface area (Å²) in [7, 11) is 0. The molecule has 0 aliphatic rings. The number of hydrogen-bond donors (Lipinski definition) is 1. The largest absolute Gasteiger partial charge is 0.465 e. The van der Waals surface area contributed by atoms with E-state index >= 15 is 0 Å². The minimum atomic E-state index is -0.408. The third-order valence-electron chi connectivity index (χ3n) is 1.92. The lowest BCUT2D eigenvalue weighted by molar-refractivity contribution is 0.232. The highest BCUT2D eigenvalue weighted by Crippen LogP contribution is 2.14. The minimum Gasteiger partial charge on any atom is -0.465 e. The van der Waals surface area contributed by atoms with Gasteiger partial charge in [0.2, 0.25) is 0 Å². The maximum Gasteiger partial charge on any atom is 0.129 e. The van der Waals surface area contributed by atoms with E-state index in [0.29, 0.717) is 0 Å². The molecule has 0 amide bonds. The summed E-state index contributed by atoms with van der Waals surface area (Å²) < 4.78 is 5.20. The molecule has 0 bridgehead atoms. The molecule has 0 spiro atoms. The van der Waals surface area contributed by atoms with E-state index in [1.165, 1.54) is 0 Å². The van der Waals surface area contributed by atoms with Crippen LogP contribution in [0.5, 0.6) is 0 Å². The Morgan fingerprint density at radius 1 is 1.67 bits per heavy atom. The molecule has 1 N–H and O–H groups in total. The molecule has 1 aromatic rings. The molecule has 0 aliphatic carbocycles. The fourth-order valence-electron chi connectivity index (χ4n) is 0.860. The highest BCUT2D eigenvalue weighted by atomic mass is 16.3. The summed E-state index contributed by atoms with van der Waals surface area (Å²) in [5.41, 5.74) is 2.00. The third-order valence-corrected chi connectivity index (χ3v) is 1.92. The molecule has 1 unspecified atom stereocenters. The lowest BCUT2D eigenvalue weighted by Gasteiger charge is -2.02. The van der Waals surface area contributed by atoms with Gasteiger partial charge in [-0.2, -0.15) is 0 Å². The second-order valence-corrected chi connectivity index (χ2v) is 3.03. The SMILES string of the molecule is C/C(=C\c1occc1C)C(C)O. The van der Waals surface area contributed by atoms with Crippen LogP contribution in [0.15, 0.2) is 22.3 Å². The molecule has 0 saturated carbocycles. The van der Waals surface area contributed by atoms with E-state index in [2.05, 4.69) is 0 Å². The summed E-state index contributed by atoms with van der Waals surface area (Å²) in [5, 5.41) is 9.20. The zero-order valence-electron chi connectivity index (χ0n) is 7.66. The molecule has 0 fully saturated rings. The second kappa shape index (κ2) is 3.59. The minimum absolute atomic E-state index is 0.408. The van der Waals surface area contributed by atoms with Crippen molar-refractivity contribution >= 4 is 6.08 Å². The van der Waals surface area contributed by atoms with Crippen molar-refractivity contribution in [1.82, 2.24) is 0 Å². The number of hydrogen-bond acceptors (Lipinski definition) is 2. The smallest absolute Gasteiger partial charge is 0.129 e. The van der Waals surface area contributed by atoms with Gasteiger partial charge in [-0.3, -0.25) is 0 Å². The summed E-state index contributed by atoms with van der Waals surface area (Å²) in [5.74, 6) is 0.827. The van der Waals surface area contributed by atoms with Gasteiger partial charge >= 0.3 is 0 Å². The van der Waals surface area contributed by atoms with E-state index < -0.39 is 6.10 Å². The van der Waals surface area contributed by atoms with Crippen LogP contribution in [0.4, 0.5) is 0 Å². The maximum atomic E-state index is 9.20. The van der Waals surface area contributed by atoms with Crippen LogP contribution in [-0.2, 0) is 0 Å². The number of aliphatic hydroxyl groups excluding tert-OH is 1. The predicted molar refractivity (Wildman–Crippen MR) is 48.8 cm³/mol. The van der Waals surface area contributed by atoms with E-state index in [1.807, 2.05) is 26.0 Å². The lowest BCUT2D eigenvalue weighted by atomic mass is 10.1. The number of aliphatic hydroxyl groups is 1. The predicted octanol–water partition coefficient (Wildman–Crippen LogP) is 2.37. The van der Waals surface area contributed by atoms with Gasteiger partial charge in [-0.25, -0.2) is 0 Å². The van der Waals surface area contributed by atoms with E-state index in [-0.39, 0.29) is 0 Å². The van der Waals surface area contributed by atoms with Crippen molar-refractivity contribution in [2.75, 3.05) is 0 Å². The van der Waals surface area contributed by atoms with Gasteiger partial charge in [0.05, 0.1) is 12.4 Å². The Hall–Kier alpha value is -1.02. The first kappa shape index (κ1) is 9.07. The van der Waals surface area contributed by atoms with Gasteiger partial charge in [-0.05, 0) is 44.1 Å². The fraction of sp³-hybridized carbons (Fsp3) is 0.400. The van der Waals surface area contributed by atoms with E-state index in [1.54, 1.807) is 13.2 Å². The molecule has 12 heavy (non-hydrogen) atoms. The average molecular weight is 166 g/mol. The topological polar surface area (TPSA) is 33.4 Å². The molecule has 0 saturated heterocycles. The first-order chi connectivity index (χ1) is 5.61. The standard InChI is InChI=1S/C10H14O2/c1-7-4-5-12-10(7)6-8(2)9(3)11/h4-6,9,11H,1-3H3/b8-6+. The van der Waals surface area contributed by atoms with Gasteiger partial charge in [0, 0.05) is 0 Å². The first-order valence-electron chi connectivity index (χ1n) is 4.01. The Morgan fingerprint density at radius 2 is 2.33 bits per heavy atom. The van der Waals surface area contributed by atoms with Crippen LogP contribution >= 0.6 is 0 Å². The molecule has 1 aromatic heterocycles. The molecular weight excluding hydrogens is 152 g/mol. The van der Waals surface area contributed by atoms with E-state index in [9.17, 15) is 5.11 Å². The molecule has 0 aromatic carbocycles. The molecule has 2 heteroatoms. The van der Waals surface area contributed by atoms with Crippen LogP contribution in [0, 0.1) is 6.92 Å². The highest BCUT2D eigenvalue weighted by Gasteiger charge is 2.01. The van der Waals surface area contributed by atoms with Crippen molar-refractivity contribution < 1.29 is 9.52 Å². The van der Waals surface area contributed by atoms with Crippen molar-refractivity contribution in [1.29, 1.82) is 0 Å². The monoisotopic (exact) mass is 166 g/mol. The van der Waals surface area contributed by atoms with Crippen molar-refractivity contribution in [2.24, 2.45) is 0 Å². The summed E-state index contributed by atoms with van der Waals surface area (Å²) in [6.45, 7) is 5.60. The van der Waals surface area contributed by atoms with Crippen LogP contribution in [-0.4, -0.2) is 11.2 Å². The summed E-state index contributed by atoms with van der Waals surface area (Å²) in [6, 6.07) is 1.90. The van der Waals surface area contributed by atoms with Gasteiger partial charge < -0.3 is 9.52 Å². The summed E-state index contributed by atoms with van der Waals surface area (Å²) >= 11 is 0. The molecule has 1 heterocycles. The Kier molecular flexibility index (Phi) is 2.71. The zero-order valence-corrected chi connectivity index (χ0v) is 7.66. The van der Waals surface area contributed by atoms with Crippen LogP contribution in [0.1, 0.15) is 25.2 Å². The molecule has 0 radical (unpaired) electrons. The second-order valence-electron chi connectivity index (χ2n) is 3.03. The van der Waals surface area contributed by atoms with Gasteiger partial charge in [-0.15, -0.1) is 0 Å². The van der Waals surface area contributed by atoms with Crippen LogP contribution < -0.4 is 0 Å². The van der Waals surface area contributed by atoms with Gasteiger partial charge in [0.25, 0.3) is 0 Å². The molecule has 1 atom stereocenters. The Morgan fingerprint density at radius 3 is 2.75 bits per heavy atom. The number of furan rings is 1. The third kappa shape index (κ3) is 1.98. The van der Waals surface area contributed by atoms with E-state index in [0.717, 1.165) is 16.9 Å². The highest BCUT2D eigenvalue weighted by molar-refractivity contribution is 5.51. The first-order valence-corrected chi connectivity index (χ1v) is 4.01. The number of rotatable bonds is 2. The van der Waals surface area contributed by atoms with Crippen LogP contribution in [0.25, 0.3) is 6.08 Å². The van der Waals surface area contributed by atoms with Crippen molar-refractivity contribution in [3.8, 4) is 0 Å². The Labute approximate surface area is 72.5 Å². The van der Waals surface area contributed by atoms with Gasteiger partial charge in [0.15, 0.2) is 0 Å². The van der Waals surface area contributed by atoms with Crippen molar-refractivity contribution in [3.63, 3.8) is 0 Å². The summed E-state index contributed by atoms with van der Waals surface area (Å²) in [4.78, 5) is 0. The molecule has 1 rings (SSSR count). The van der Waals surface area contributed by atoms with Gasteiger partial charge in [0.1, 0.15) is 5.76 Å². The quantitative estimate of drug-likeness (QED) is 0.731. The molecule has 2 nitrogen and oxygen atoms in total. The maximum absolute atomic E-state index is 9.20. The van der Waals surface area contributed by atoms with Crippen LogP contribution in [0.2, 0.25) is 0 Å². The molecule has 0 aliphatic heterocycles. The average Bonchev–Trinajstić information content (AvgIpc) is 2.36. The normalized spacial score (nSPS) is 14.8. The molecular formula is C10H14O2. The van der Waals surface area contributed by atoms with Crippen molar-refractivity contribution in [3.05, 3.63) is 29.2 Å². The van der Waals surface area contributed by atoms with E-state index in [4.69, 9.17) is 4.42 Å².